The van der Waals surface area contributed by atoms with E-state index >= 15 is 0 Å². The Balaban J connectivity index is 4.68. The second kappa shape index (κ2) is 4.60. The summed E-state index contributed by atoms with van der Waals surface area (Å²) in [7, 11) is 0. The number of ether oxygens (including phenoxy) is 1. The van der Waals surface area contributed by atoms with Crippen molar-refractivity contribution in [2.45, 2.75) is 13.1 Å². The molecule has 14 heavy (non-hydrogen) atoms. The zero-order chi connectivity index (χ0) is 11.4. The molecule has 0 aromatic heterocycles. The summed E-state index contributed by atoms with van der Waals surface area (Å²) in [5.41, 5.74) is -1.90. The van der Waals surface area contributed by atoms with Gasteiger partial charge >= 0.3 is 12.1 Å². The average molecular weight is 208 g/mol. The molecule has 0 radical (unpaired) electrons. The molecule has 1 N–H and O–H groups in total. The van der Waals surface area contributed by atoms with Crippen LogP contribution in [-0.2, 0) is 9.53 Å². The highest BCUT2D eigenvalue weighted by Gasteiger charge is 2.43. The second-order valence-electron chi connectivity index (χ2n) is 2.23. The molecule has 0 spiro atoms. The summed E-state index contributed by atoms with van der Waals surface area (Å²) >= 11 is 0. The molecule has 0 bridgehead atoms. The number of rotatable bonds is 3. The molecule has 0 saturated carbocycles. The van der Waals surface area contributed by atoms with E-state index in [1.165, 1.54) is 6.92 Å². The molecule has 1 atom stereocenters. The highest BCUT2D eigenvalue weighted by atomic mass is 19.4. The van der Waals surface area contributed by atoms with Crippen molar-refractivity contribution in [3.8, 4) is 6.07 Å². The molecule has 0 amide bonds. The van der Waals surface area contributed by atoms with E-state index in [0.717, 1.165) is 6.07 Å². The number of halogens is 3. The van der Waals surface area contributed by atoms with E-state index in [1.54, 1.807) is 0 Å². The van der Waals surface area contributed by atoms with Crippen LogP contribution in [0.15, 0.2) is 0 Å². The van der Waals surface area contributed by atoms with Gasteiger partial charge in [0.25, 0.3) is 0 Å². The first-order valence-electron chi connectivity index (χ1n) is 3.56. The quantitative estimate of drug-likeness (QED) is 0.560. The molecule has 0 aliphatic carbocycles. The Morgan fingerprint density at radius 3 is 2.43 bits per heavy atom. The summed E-state index contributed by atoms with van der Waals surface area (Å²) in [5.74, 6) is -3.55. The van der Waals surface area contributed by atoms with Gasteiger partial charge in [-0.2, -0.15) is 18.4 Å². The van der Waals surface area contributed by atoms with Crippen molar-refractivity contribution in [3.63, 3.8) is 0 Å². The maximum atomic E-state index is 11.9. The van der Waals surface area contributed by atoms with Crippen LogP contribution >= 0.6 is 0 Å². The Morgan fingerprint density at radius 1 is 1.64 bits per heavy atom. The maximum absolute atomic E-state index is 11.9. The molecule has 0 saturated heterocycles. The molecule has 0 aliphatic rings. The van der Waals surface area contributed by atoms with Gasteiger partial charge in [0.1, 0.15) is 5.71 Å². The van der Waals surface area contributed by atoms with Gasteiger partial charge in [0, 0.05) is 0 Å². The number of hydrogen-bond donors (Lipinski definition) is 1. The van der Waals surface area contributed by atoms with Gasteiger partial charge in [0.2, 0.25) is 0 Å². The number of hydrogen-bond acceptors (Lipinski definition) is 4. The lowest BCUT2D eigenvalue weighted by Gasteiger charge is -2.11. The van der Waals surface area contributed by atoms with E-state index in [2.05, 4.69) is 4.74 Å². The predicted octanol–water partition coefficient (Wildman–Crippen LogP) is 1.27. The normalized spacial score (nSPS) is 12.8. The van der Waals surface area contributed by atoms with Crippen LogP contribution in [0.4, 0.5) is 13.2 Å². The molecule has 0 rings (SSSR count). The first-order valence-corrected chi connectivity index (χ1v) is 3.56. The molecule has 0 heterocycles. The van der Waals surface area contributed by atoms with E-state index in [9.17, 15) is 18.0 Å². The number of carbonyl (C=O) groups excluding carboxylic acids is 1. The summed E-state index contributed by atoms with van der Waals surface area (Å²) in [4.78, 5) is 10.8. The number of nitriles is 1. The number of alkyl halides is 3. The van der Waals surface area contributed by atoms with Crippen LogP contribution in [0, 0.1) is 22.7 Å². The van der Waals surface area contributed by atoms with Crippen LogP contribution in [0.5, 0.6) is 0 Å². The number of nitrogens with zero attached hydrogens (tertiary/aromatic N) is 1. The Hall–Kier alpha value is -1.58. The van der Waals surface area contributed by atoms with E-state index in [1.807, 2.05) is 0 Å². The van der Waals surface area contributed by atoms with E-state index in [-0.39, 0.29) is 6.61 Å². The molecule has 78 valence electrons. The Bertz CT molecular complexity index is 280. The van der Waals surface area contributed by atoms with Crippen molar-refractivity contribution in [1.29, 1.82) is 10.7 Å². The molecule has 4 nitrogen and oxygen atoms in total. The van der Waals surface area contributed by atoms with Crippen LogP contribution in [0.1, 0.15) is 6.92 Å². The molecule has 0 aromatic carbocycles. The first kappa shape index (κ1) is 12.4. The fourth-order valence-corrected chi connectivity index (χ4v) is 0.624. The third kappa shape index (κ3) is 3.05. The van der Waals surface area contributed by atoms with Crippen molar-refractivity contribution < 1.29 is 22.7 Å². The van der Waals surface area contributed by atoms with E-state index in [4.69, 9.17) is 10.7 Å². The van der Waals surface area contributed by atoms with Crippen LogP contribution in [-0.4, -0.2) is 24.5 Å². The highest BCUT2D eigenvalue weighted by Crippen LogP contribution is 2.21. The number of esters is 1. The Morgan fingerprint density at radius 2 is 2.14 bits per heavy atom. The third-order valence-corrected chi connectivity index (χ3v) is 1.25. The molecule has 7 heteroatoms. The molecule has 0 fully saturated rings. The third-order valence-electron chi connectivity index (χ3n) is 1.25. The average Bonchev–Trinajstić information content (AvgIpc) is 2.04. The van der Waals surface area contributed by atoms with Gasteiger partial charge in [0.05, 0.1) is 12.7 Å². The minimum atomic E-state index is -4.98. The lowest BCUT2D eigenvalue weighted by molar-refractivity contribution is -0.145. The first-order chi connectivity index (χ1) is 6.34. The van der Waals surface area contributed by atoms with Crippen molar-refractivity contribution in [1.82, 2.24) is 0 Å². The van der Waals surface area contributed by atoms with Gasteiger partial charge in [-0.25, -0.2) is 0 Å². The van der Waals surface area contributed by atoms with Crippen LogP contribution in [0.25, 0.3) is 0 Å². The van der Waals surface area contributed by atoms with Gasteiger partial charge in [-0.15, -0.1) is 0 Å². The van der Waals surface area contributed by atoms with Crippen molar-refractivity contribution in [3.05, 3.63) is 0 Å². The smallest absolute Gasteiger partial charge is 0.430 e. The van der Waals surface area contributed by atoms with E-state index < -0.39 is 23.8 Å². The minimum absolute atomic E-state index is 0.137. The lowest BCUT2D eigenvalue weighted by Crippen LogP contribution is -2.34. The fraction of sp³-hybridized carbons (Fsp3) is 0.571. The van der Waals surface area contributed by atoms with Gasteiger partial charge in [-0.1, -0.05) is 0 Å². The fourth-order valence-electron chi connectivity index (χ4n) is 0.624. The Labute approximate surface area is 77.8 Å². The second-order valence-corrected chi connectivity index (χ2v) is 2.23. The standard InChI is InChI=1S/C7H7F3N2O2/c1-2-14-6(13)4(3-11)5(12)7(8,9)10/h4,12H,2H2,1H3/t4-/m1/s1. The minimum Gasteiger partial charge on any atom is -0.465 e. The zero-order valence-electron chi connectivity index (χ0n) is 7.18. The number of nitrogens with one attached hydrogen (secondary N) is 1. The largest absolute Gasteiger partial charge is 0.465 e. The van der Waals surface area contributed by atoms with Crippen molar-refractivity contribution in [2.24, 2.45) is 5.92 Å². The van der Waals surface area contributed by atoms with Gasteiger partial charge in [-0.05, 0) is 6.92 Å². The van der Waals surface area contributed by atoms with Gasteiger partial charge in [-0.3, -0.25) is 10.2 Å². The topological polar surface area (TPSA) is 73.9 Å². The summed E-state index contributed by atoms with van der Waals surface area (Å²) in [6, 6.07) is 1.07. The monoisotopic (exact) mass is 208 g/mol. The molecular weight excluding hydrogens is 201 g/mol. The van der Waals surface area contributed by atoms with Crippen LogP contribution in [0.3, 0.4) is 0 Å². The van der Waals surface area contributed by atoms with Crippen LogP contribution in [0.2, 0.25) is 0 Å². The summed E-state index contributed by atoms with van der Waals surface area (Å²) in [6.07, 6.45) is -4.98. The van der Waals surface area contributed by atoms with Gasteiger partial charge in [0.15, 0.2) is 5.92 Å². The van der Waals surface area contributed by atoms with Crippen molar-refractivity contribution in [2.75, 3.05) is 6.61 Å². The molecule has 0 aromatic rings. The van der Waals surface area contributed by atoms with E-state index in [0.29, 0.717) is 0 Å². The SMILES string of the molecule is CCOC(=O)[C@H](C#N)C(=N)C(F)(F)F. The summed E-state index contributed by atoms with van der Waals surface area (Å²) in [5, 5.41) is 14.8. The molecule has 0 aliphatic heterocycles. The maximum Gasteiger partial charge on any atom is 0.430 e. The molecule has 0 unspecified atom stereocenters. The highest BCUT2D eigenvalue weighted by molar-refractivity contribution is 6.05. The molecular formula is C7H7F3N2O2. The van der Waals surface area contributed by atoms with Gasteiger partial charge < -0.3 is 4.74 Å². The van der Waals surface area contributed by atoms with Crippen molar-refractivity contribution >= 4 is 11.7 Å². The predicted molar refractivity (Wildman–Crippen MR) is 39.5 cm³/mol. The lowest BCUT2D eigenvalue weighted by atomic mass is 10.1. The summed E-state index contributed by atoms with van der Waals surface area (Å²) < 4.78 is 39.9. The number of carbonyl (C=O) groups is 1. The zero-order valence-corrected chi connectivity index (χ0v) is 7.18. The summed E-state index contributed by atoms with van der Waals surface area (Å²) in [6.45, 7) is 1.26. The van der Waals surface area contributed by atoms with Crippen LogP contribution < -0.4 is 0 Å². The Kier molecular flexibility index (Phi) is 4.08.